The predicted octanol–water partition coefficient (Wildman–Crippen LogP) is 12.1. The van der Waals surface area contributed by atoms with Gasteiger partial charge in [-0.1, -0.05) is 153 Å². The molecular weight excluding hydrogens is 619 g/mol. The first-order valence-corrected chi connectivity index (χ1v) is 17.8. The molecule has 51 heavy (non-hydrogen) atoms. The van der Waals surface area contributed by atoms with Gasteiger partial charge in [-0.2, -0.15) is 0 Å². The van der Waals surface area contributed by atoms with Gasteiger partial charge in [0.25, 0.3) is 0 Å². The molecule has 5 aromatic carbocycles. The monoisotopic (exact) mass is 655 g/mol. The van der Waals surface area contributed by atoms with Crippen molar-refractivity contribution in [1.29, 1.82) is 0 Å². The largest absolute Gasteiger partial charge is 0.264 e. The van der Waals surface area contributed by atoms with E-state index in [9.17, 15) is 0 Å². The third kappa shape index (κ3) is 6.02. The summed E-state index contributed by atoms with van der Waals surface area (Å²) in [4.78, 5) is 15.0. The summed E-state index contributed by atoms with van der Waals surface area (Å²) in [7, 11) is 0. The highest BCUT2D eigenvalue weighted by atomic mass is 14.9. The highest BCUT2D eigenvalue weighted by Gasteiger charge is 2.28. The zero-order chi connectivity index (χ0) is 34.2. The van der Waals surface area contributed by atoms with Crippen LogP contribution in [0.4, 0.5) is 0 Å². The van der Waals surface area contributed by atoms with Gasteiger partial charge < -0.3 is 0 Å². The molecule has 0 bridgehead atoms. The van der Waals surface area contributed by atoms with Gasteiger partial charge in [0.1, 0.15) is 0 Å². The van der Waals surface area contributed by atoms with Crippen LogP contribution >= 0.6 is 0 Å². The van der Waals surface area contributed by atoms with Gasteiger partial charge in [-0.05, 0) is 86.5 Å². The summed E-state index contributed by atoms with van der Waals surface area (Å²) < 4.78 is 0. The van der Waals surface area contributed by atoms with Crippen LogP contribution in [0.25, 0.3) is 60.8 Å². The summed E-state index contributed by atoms with van der Waals surface area (Å²) in [5.74, 6) is 0.743. The molecule has 2 heterocycles. The fourth-order valence-electron chi connectivity index (χ4n) is 7.51. The minimum atomic E-state index is -0.167. The van der Waals surface area contributed by atoms with E-state index in [0.29, 0.717) is 0 Å². The lowest BCUT2D eigenvalue weighted by molar-refractivity contribution is 0.604. The van der Waals surface area contributed by atoms with Crippen molar-refractivity contribution in [3.05, 3.63) is 193 Å². The molecule has 0 radical (unpaired) electrons. The van der Waals surface area contributed by atoms with Crippen molar-refractivity contribution in [2.45, 2.75) is 31.6 Å². The fraction of sp³-hybridized carbons (Fsp3) is 0.104. The fourth-order valence-corrected chi connectivity index (χ4v) is 7.51. The minimum absolute atomic E-state index is 0.167. The number of hydrogen-bond donors (Lipinski definition) is 0. The number of benzene rings is 5. The van der Waals surface area contributed by atoms with Gasteiger partial charge in [-0.15, -0.1) is 0 Å². The van der Waals surface area contributed by atoms with E-state index in [1.54, 1.807) is 0 Å². The van der Waals surface area contributed by atoms with E-state index in [4.69, 9.17) is 9.97 Å². The Morgan fingerprint density at radius 3 is 2.02 bits per heavy atom. The number of rotatable bonds is 6. The summed E-state index contributed by atoms with van der Waals surface area (Å²) in [6.07, 6.45) is 18.2. The van der Waals surface area contributed by atoms with Gasteiger partial charge in [0.15, 0.2) is 5.82 Å². The zero-order valence-electron chi connectivity index (χ0n) is 28.6. The Balaban J connectivity index is 1.08. The molecule has 2 aromatic heterocycles. The van der Waals surface area contributed by atoms with Crippen LogP contribution in [0.1, 0.15) is 48.7 Å². The Kier molecular flexibility index (Phi) is 7.82. The normalized spacial score (nSPS) is 17.2. The lowest BCUT2D eigenvalue weighted by Crippen LogP contribution is -2.21. The molecular formula is C48H37N3. The van der Waals surface area contributed by atoms with E-state index >= 15 is 0 Å². The molecule has 3 nitrogen and oxygen atoms in total. The van der Waals surface area contributed by atoms with Crippen molar-refractivity contribution in [3.63, 3.8) is 0 Å². The Morgan fingerprint density at radius 2 is 1.24 bits per heavy atom. The van der Waals surface area contributed by atoms with Crippen molar-refractivity contribution in [2.24, 2.45) is 0 Å². The first kappa shape index (κ1) is 30.8. The highest BCUT2D eigenvalue weighted by Crippen LogP contribution is 2.40. The van der Waals surface area contributed by atoms with Crippen LogP contribution in [0.2, 0.25) is 0 Å². The van der Waals surface area contributed by atoms with Crippen molar-refractivity contribution < 1.29 is 0 Å². The molecule has 0 N–H and O–H groups in total. The minimum Gasteiger partial charge on any atom is -0.264 e. The maximum absolute atomic E-state index is 5.21. The molecule has 244 valence electrons. The van der Waals surface area contributed by atoms with Crippen LogP contribution in [-0.2, 0) is 5.41 Å². The first-order chi connectivity index (χ1) is 25.1. The van der Waals surface area contributed by atoms with Gasteiger partial charge in [-0.3, -0.25) is 4.98 Å². The smallest absolute Gasteiger partial charge is 0.160 e. The van der Waals surface area contributed by atoms with E-state index < -0.39 is 0 Å². The van der Waals surface area contributed by atoms with E-state index in [0.717, 1.165) is 47.6 Å². The predicted molar refractivity (Wildman–Crippen MR) is 213 cm³/mol. The number of hydrogen-bond acceptors (Lipinski definition) is 3. The molecule has 0 amide bonds. The van der Waals surface area contributed by atoms with Gasteiger partial charge in [0.2, 0.25) is 0 Å². The average Bonchev–Trinajstić information content (AvgIpc) is 3.21. The summed E-state index contributed by atoms with van der Waals surface area (Å²) in [6, 6.07) is 45.2. The molecule has 2 aliphatic carbocycles. The summed E-state index contributed by atoms with van der Waals surface area (Å²) in [5.41, 5.74) is 11.4. The quantitative estimate of drug-likeness (QED) is 0.179. The second-order valence-electron chi connectivity index (χ2n) is 13.9. The Labute approximate surface area is 299 Å². The molecule has 0 saturated heterocycles. The number of pyridine rings is 1. The van der Waals surface area contributed by atoms with Crippen LogP contribution in [0.15, 0.2) is 170 Å². The van der Waals surface area contributed by atoms with Gasteiger partial charge in [-0.25, -0.2) is 9.97 Å². The number of nitrogens with zero attached hydrogens (tertiary/aromatic N) is 3. The van der Waals surface area contributed by atoms with Crippen molar-refractivity contribution >= 4 is 38.3 Å². The average molecular weight is 656 g/mol. The maximum Gasteiger partial charge on any atom is 0.160 e. The molecule has 7 aromatic rings. The van der Waals surface area contributed by atoms with Gasteiger partial charge in [0.05, 0.1) is 11.4 Å². The third-order valence-corrected chi connectivity index (χ3v) is 10.5. The second-order valence-corrected chi connectivity index (χ2v) is 13.9. The number of aromatic nitrogens is 3. The lowest BCUT2D eigenvalue weighted by atomic mass is 9.75. The molecule has 0 fully saturated rings. The lowest BCUT2D eigenvalue weighted by Gasteiger charge is -2.29. The molecule has 0 saturated carbocycles. The maximum atomic E-state index is 5.21. The zero-order valence-corrected chi connectivity index (χ0v) is 28.6. The highest BCUT2D eigenvalue weighted by molar-refractivity contribution is 5.89. The third-order valence-electron chi connectivity index (χ3n) is 10.5. The Bertz CT molecular complexity index is 2550. The van der Waals surface area contributed by atoms with Crippen LogP contribution in [0, 0.1) is 0 Å². The molecule has 2 aliphatic rings. The summed E-state index contributed by atoms with van der Waals surface area (Å²) in [5, 5.41) is 4.91. The molecule has 1 unspecified atom stereocenters. The van der Waals surface area contributed by atoms with Crippen LogP contribution in [-0.4, -0.2) is 15.0 Å². The first-order valence-electron chi connectivity index (χ1n) is 17.8. The molecule has 9 rings (SSSR count). The standard InChI is InChI=1S/C48H37N3/c1-48(44-32-49-31-42-13-7-8-14-43(42)44)27-25-38(26-28-48)46-30-45(37-20-15-35(16-21-37)33-9-3-2-4-10-33)50-47(51-46)39-22-17-36(18-23-39)41-24-19-34-11-5-6-12-40(34)29-41/h2-15,17-20,22-27,29-32H,16,21,28H2,1H3. The summed E-state index contributed by atoms with van der Waals surface area (Å²) in [6.45, 7) is 2.30. The van der Waals surface area contributed by atoms with Crippen LogP contribution in [0.5, 0.6) is 0 Å². The molecule has 0 spiro atoms. The van der Waals surface area contributed by atoms with E-state index in [2.05, 4.69) is 170 Å². The molecule has 3 heteroatoms. The van der Waals surface area contributed by atoms with Crippen LogP contribution in [0.3, 0.4) is 0 Å². The van der Waals surface area contributed by atoms with Crippen molar-refractivity contribution in [3.8, 4) is 22.5 Å². The topological polar surface area (TPSA) is 38.7 Å². The Hall–Kier alpha value is -6.19. The van der Waals surface area contributed by atoms with Gasteiger partial charge in [0, 0.05) is 28.8 Å². The van der Waals surface area contributed by atoms with Gasteiger partial charge >= 0.3 is 0 Å². The number of fused-ring (bicyclic) bond motifs is 2. The molecule has 1 atom stereocenters. The van der Waals surface area contributed by atoms with Crippen molar-refractivity contribution in [2.75, 3.05) is 0 Å². The summed E-state index contributed by atoms with van der Waals surface area (Å²) >= 11 is 0. The van der Waals surface area contributed by atoms with E-state index in [1.165, 1.54) is 54.9 Å². The Morgan fingerprint density at radius 1 is 0.549 bits per heavy atom. The number of allylic oxidation sites excluding steroid dienone is 8. The van der Waals surface area contributed by atoms with Crippen LogP contribution < -0.4 is 0 Å². The van der Waals surface area contributed by atoms with Crippen molar-refractivity contribution in [1.82, 2.24) is 15.0 Å². The second kappa shape index (κ2) is 12.9. The van der Waals surface area contributed by atoms with E-state index in [1.807, 2.05) is 12.4 Å². The van der Waals surface area contributed by atoms with E-state index in [-0.39, 0.29) is 5.41 Å². The molecule has 0 aliphatic heterocycles. The SMILES string of the molecule is CC1(c2cncc3ccccc23)C=CC(c2cc(C3=CC=C(c4ccccc4)CC3)nc(-c3ccc(-c4ccc5ccccc5c4)cc3)n2)=CC1.